The van der Waals surface area contributed by atoms with Gasteiger partial charge < -0.3 is 15.7 Å². The largest absolute Gasteiger partial charge is 0.390 e. The van der Waals surface area contributed by atoms with Crippen LogP contribution < -0.4 is 10.6 Å². The number of nitrogens with one attached hydrogen (secondary N) is 2. The van der Waals surface area contributed by atoms with Crippen molar-refractivity contribution in [3.8, 4) is 11.1 Å². The Bertz CT molecular complexity index is 1500. The molecular formula is C33H32FN3O2. The summed E-state index contributed by atoms with van der Waals surface area (Å²) >= 11 is 0. The number of amides is 1. The van der Waals surface area contributed by atoms with Gasteiger partial charge in [0.05, 0.1) is 18.0 Å². The monoisotopic (exact) mass is 521 g/mol. The highest BCUT2D eigenvalue weighted by Crippen LogP contribution is 2.34. The number of amidine groups is 1. The molecule has 0 bridgehead atoms. The molecule has 0 saturated heterocycles. The van der Waals surface area contributed by atoms with Crippen molar-refractivity contribution in [1.29, 1.82) is 0 Å². The fraction of sp³-hybridized carbons (Fsp3) is 0.212. The van der Waals surface area contributed by atoms with Crippen LogP contribution in [0.2, 0.25) is 0 Å². The van der Waals surface area contributed by atoms with Gasteiger partial charge in [-0.3, -0.25) is 9.79 Å². The molecule has 5 rings (SSSR count). The van der Waals surface area contributed by atoms with Gasteiger partial charge in [0, 0.05) is 24.2 Å². The first-order chi connectivity index (χ1) is 18.9. The van der Waals surface area contributed by atoms with Crippen LogP contribution in [0.25, 0.3) is 11.1 Å². The van der Waals surface area contributed by atoms with Crippen molar-refractivity contribution in [2.45, 2.75) is 38.8 Å². The summed E-state index contributed by atoms with van der Waals surface area (Å²) in [4.78, 5) is 17.8. The number of hydrogen-bond donors (Lipinski definition) is 3. The molecule has 6 heteroatoms. The Hall–Kier alpha value is -4.29. The van der Waals surface area contributed by atoms with Gasteiger partial charge in [-0.25, -0.2) is 4.39 Å². The number of aliphatic imine (C=N–C) groups is 1. The summed E-state index contributed by atoms with van der Waals surface area (Å²) in [5.41, 5.74) is 7.56. The van der Waals surface area contributed by atoms with Gasteiger partial charge in [-0.05, 0) is 90.0 Å². The van der Waals surface area contributed by atoms with Gasteiger partial charge in [-0.15, -0.1) is 0 Å². The molecule has 5 nitrogen and oxygen atoms in total. The average Bonchev–Trinajstić information content (AvgIpc) is 3.24. The topological polar surface area (TPSA) is 73.7 Å². The van der Waals surface area contributed by atoms with Crippen molar-refractivity contribution in [2.75, 3.05) is 11.9 Å². The van der Waals surface area contributed by atoms with Crippen molar-refractivity contribution >= 4 is 17.4 Å². The minimum atomic E-state index is -0.700. The lowest BCUT2D eigenvalue weighted by molar-refractivity contribution is 0.0858. The first kappa shape index (κ1) is 26.3. The maximum Gasteiger partial charge on any atom is 0.251 e. The van der Waals surface area contributed by atoms with E-state index in [1.54, 1.807) is 12.1 Å². The molecule has 0 saturated carbocycles. The summed E-state index contributed by atoms with van der Waals surface area (Å²) in [6.07, 6.45) is 0.502. The summed E-state index contributed by atoms with van der Waals surface area (Å²) in [5.74, 6) is 0.295. The van der Waals surface area contributed by atoms with Gasteiger partial charge in [0.1, 0.15) is 5.82 Å². The molecule has 198 valence electrons. The van der Waals surface area contributed by atoms with E-state index in [0.29, 0.717) is 18.5 Å². The summed E-state index contributed by atoms with van der Waals surface area (Å²) in [6, 6.07) is 27.6. The quantitative estimate of drug-likeness (QED) is 0.198. The van der Waals surface area contributed by atoms with Gasteiger partial charge in [0.2, 0.25) is 0 Å². The van der Waals surface area contributed by atoms with Crippen LogP contribution in [0.15, 0.2) is 96.0 Å². The van der Waals surface area contributed by atoms with Crippen molar-refractivity contribution in [1.82, 2.24) is 5.32 Å². The minimum absolute atomic E-state index is 0.216. The molecule has 3 N–H and O–H groups in total. The normalized spacial score (nSPS) is 16.6. The molecule has 4 aromatic rings. The third kappa shape index (κ3) is 6.24. The number of nitrogens with zero attached hydrogens (tertiary/aromatic N) is 1. The molecular weight excluding hydrogens is 489 g/mol. The predicted molar refractivity (Wildman–Crippen MR) is 155 cm³/mol. The molecule has 0 radical (unpaired) electrons. The lowest BCUT2D eigenvalue weighted by Crippen LogP contribution is -2.34. The van der Waals surface area contributed by atoms with Crippen molar-refractivity contribution < 1.29 is 14.3 Å². The second-order valence-electron chi connectivity index (χ2n) is 10.0. The van der Waals surface area contributed by atoms with Crippen LogP contribution in [-0.2, 0) is 12.8 Å². The molecule has 4 aromatic carbocycles. The molecule has 0 aliphatic heterocycles. The van der Waals surface area contributed by atoms with E-state index in [4.69, 9.17) is 0 Å². The number of anilines is 1. The highest BCUT2D eigenvalue weighted by molar-refractivity contribution is 5.96. The van der Waals surface area contributed by atoms with Gasteiger partial charge in [-0.1, -0.05) is 54.6 Å². The standard InChI is InChI=1S/C33H32FN3O2/c1-21-18-26(11-15-29(21)24-6-4-3-5-7-24)33(39)37-32-30-20-28(14-10-25(30)19-31(32)38)36-22(2)35-17-16-23-8-12-27(34)13-9-23/h3-15,18,20,31-32,38H,16-17,19H2,1-2H3,(H,35,36)(H,37,39)/t31-,32-/m1/s1. The second-order valence-corrected chi connectivity index (χ2v) is 10.0. The molecule has 0 heterocycles. The van der Waals surface area contributed by atoms with E-state index >= 15 is 0 Å². The Labute approximate surface area is 228 Å². The lowest BCUT2D eigenvalue weighted by Gasteiger charge is -2.19. The highest BCUT2D eigenvalue weighted by Gasteiger charge is 2.32. The summed E-state index contributed by atoms with van der Waals surface area (Å²) < 4.78 is 13.1. The van der Waals surface area contributed by atoms with E-state index in [2.05, 4.69) is 27.8 Å². The average molecular weight is 522 g/mol. The molecule has 0 unspecified atom stereocenters. The number of benzene rings is 4. The maximum atomic E-state index is 13.2. The number of carbonyl (C=O) groups excluding carboxylic acids is 1. The third-order valence-electron chi connectivity index (χ3n) is 7.14. The summed E-state index contributed by atoms with van der Waals surface area (Å²) in [6.45, 7) is 4.48. The number of aryl methyl sites for hydroxylation is 1. The molecule has 1 amide bonds. The number of fused-ring (bicyclic) bond motifs is 1. The fourth-order valence-electron chi connectivity index (χ4n) is 5.10. The van der Waals surface area contributed by atoms with Crippen molar-refractivity contribution in [3.63, 3.8) is 0 Å². The number of aliphatic hydroxyl groups excluding tert-OH is 1. The molecule has 1 aliphatic carbocycles. The summed E-state index contributed by atoms with van der Waals surface area (Å²) in [5, 5.41) is 17.1. The van der Waals surface area contributed by atoms with E-state index in [1.807, 2.05) is 68.4 Å². The van der Waals surface area contributed by atoms with E-state index in [-0.39, 0.29) is 11.7 Å². The van der Waals surface area contributed by atoms with Crippen molar-refractivity contribution in [3.05, 3.63) is 125 Å². The van der Waals surface area contributed by atoms with Gasteiger partial charge in [0.15, 0.2) is 0 Å². The van der Waals surface area contributed by atoms with Crippen LogP contribution >= 0.6 is 0 Å². The SMILES string of the molecule is CC(=NCCc1ccc(F)cc1)Nc1ccc2c(c1)[C@@H](NC(=O)c1ccc(-c3ccccc3)c(C)c1)[C@H](O)C2. The molecule has 2 atom stereocenters. The number of halogens is 1. The van der Waals surface area contributed by atoms with Crippen LogP contribution in [0, 0.1) is 12.7 Å². The predicted octanol–water partition coefficient (Wildman–Crippen LogP) is 6.26. The Morgan fingerprint density at radius 3 is 2.51 bits per heavy atom. The molecule has 0 spiro atoms. The zero-order valence-corrected chi connectivity index (χ0v) is 22.1. The van der Waals surface area contributed by atoms with Crippen LogP contribution in [0.5, 0.6) is 0 Å². The van der Waals surface area contributed by atoms with E-state index < -0.39 is 12.1 Å². The number of carbonyl (C=O) groups is 1. The third-order valence-corrected chi connectivity index (χ3v) is 7.14. The Morgan fingerprint density at radius 2 is 1.77 bits per heavy atom. The molecule has 39 heavy (non-hydrogen) atoms. The van der Waals surface area contributed by atoms with Crippen LogP contribution in [0.3, 0.4) is 0 Å². The Kier molecular flexibility index (Phi) is 7.84. The number of rotatable bonds is 7. The van der Waals surface area contributed by atoms with E-state index in [9.17, 15) is 14.3 Å². The van der Waals surface area contributed by atoms with E-state index in [0.717, 1.165) is 51.3 Å². The Balaban J connectivity index is 1.25. The second kappa shape index (κ2) is 11.6. The summed E-state index contributed by atoms with van der Waals surface area (Å²) in [7, 11) is 0. The fourth-order valence-corrected chi connectivity index (χ4v) is 5.10. The smallest absolute Gasteiger partial charge is 0.251 e. The van der Waals surface area contributed by atoms with E-state index in [1.165, 1.54) is 12.1 Å². The minimum Gasteiger partial charge on any atom is -0.390 e. The first-order valence-corrected chi connectivity index (χ1v) is 13.2. The molecule has 0 fully saturated rings. The molecule has 1 aliphatic rings. The maximum absolute atomic E-state index is 13.2. The lowest BCUT2D eigenvalue weighted by atomic mass is 9.98. The number of hydrogen-bond acceptors (Lipinski definition) is 3. The van der Waals surface area contributed by atoms with Crippen LogP contribution in [-0.4, -0.2) is 29.5 Å². The van der Waals surface area contributed by atoms with Gasteiger partial charge in [0.25, 0.3) is 5.91 Å². The molecule has 0 aromatic heterocycles. The van der Waals surface area contributed by atoms with Crippen molar-refractivity contribution in [2.24, 2.45) is 4.99 Å². The zero-order valence-electron chi connectivity index (χ0n) is 22.1. The zero-order chi connectivity index (χ0) is 27.4. The first-order valence-electron chi connectivity index (χ1n) is 13.2. The van der Waals surface area contributed by atoms with Crippen LogP contribution in [0.1, 0.15) is 45.6 Å². The van der Waals surface area contributed by atoms with Gasteiger partial charge in [-0.2, -0.15) is 0 Å². The van der Waals surface area contributed by atoms with Crippen LogP contribution in [0.4, 0.5) is 10.1 Å². The number of aliphatic hydroxyl groups is 1. The highest BCUT2D eigenvalue weighted by atomic mass is 19.1. The Morgan fingerprint density at radius 1 is 1.00 bits per heavy atom. The van der Waals surface area contributed by atoms with Gasteiger partial charge >= 0.3 is 0 Å².